The third-order valence-electron chi connectivity index (χ3n) is 2.91. The lowest BCUT2D eigenvalue weighted by atomic mass is 10.3. The van der Waals surface area contributed by atoms with Crippen molar-refractivity contribution in [3.63, 3.8) is 0 Å². The molecule has 2 N–H and O–H groups in total. The Bertz CT molecular complexity index is 778. The zero-order valence-corrected chi connectivity index (χ0v) is 11.4. The van der Waals surface area contributed by atoms with Gasteiger partial charge in [0.15, 0.2) is 0 Å². The molecule has 0 unspecified atom stereocenters. The van der Waals surface area contributed by atoms with Gasteiger partial charge in [0.25, 0.3) is 0 Å². The van der Waals surface area contributed by atoms with Gasteiger partial charge in [-0.3, -0.25) is 0 Å². The van der Waals surface area contributed by atoms with Gasteiger partial charge in [0.05, 0.1) is 5.69 Å². The lowest BCUT2D eigenvalue weighted by Crippen LogP contribution is -2.00. The van der Waals surface area contributed by atoms with Gasteiger partial charge < -0.3 is 10.6 Å². The number of hydrogen-bond donors (Lipinski definition) is 2. The van der Waals surface area contributed by atoms with Crippen LogP contribution in [0, 0.1) is 11.6 Å². The molecule has 0 amide bonds. The summed E-state index contributed by atoms with van der Waals surface area (Å²) in [6.45, 7) is 0. The third kappa shape index (κ3) is 3.35. The summed E-state index contributed by atoms with van der Waals surface area (Å²) in [6.07, 6.45) is 1.36. The quantitative estimate of drug-likeness (QED) is 0.756. The van der Waals surface area contributed by atoms with E-state index in [1.54, 1.807) is 6.07 Å². The van der Waals surface area contributed by atoms with Crippen molar-refractivity contribution in [2.24, 2.45) is 0 Å². The highest BCUT2D eigenvalue weighted by atomic mass is 19.1. The van der Waals surface area contributed by atoms with Crippen LogP contribution in [0.2, 0.25) is 0 Å². The van der Waals surface area contributed by atoms with Crippen molar-refractivity contribution in [2.75, 3.05) is 10.6 Å². The van der Waals surface area contributed by atoms with E-state index in [0.29, 0.717) is 11.6 Å². The van der Waals surface area contributed by atoms with E-state index in [9.17, 15) is 8.78 Å². The fourth-order valence-electron chi connectivity index (χ4n) is 1.89. The van der Waals surface area contributed by atoms with Gasteiger partial charge >= 0.3 is 0 Å². The van der Waals surface area contributed by atoms with Gasteiger partial charge in [0.1, 0.15) is 29.6 Å². The summed E-state index contributed by atoms with van der Waals surface area (Å²) in [5.74, 6) is -0.349. The van der Waals surface area contributed by atoms with Gasteiger partial charge in [-0.2, -0.15) is 0 Å². The Balaban J connectivity index is 1.79. The highest BCUT2D eigenvalue weighted by Gasteiger charge is 2.06. The van der Waals surface area contributed by atoms with Crippen LogP contribution in [-0.4, -0.2) is 9.97 Å². The van der Waals surface area contributed by atoms with Crippen molar-refractivity contribution >= 4 is 23.0 Å². The molecule has 6 heteroatoms. The largest absolute Gasteiger partial charge is 0.340 e. The molecule has 0 radical (unpaired) electrons. The molecule has 1 heterocycles. The van der Waals surface area contributed by atoms with Gasteiger partial charge in [0.2, 0.25) is 0 Å². The monoisotopic (exact) mass is 298 g/mol. The molecule has 0 fully saturated rings. The summed E-state index contributed by atoms with van der Waals surface area (Å²) in [5, 5.41) is 5.90. The number of anilines is 4. The predicted molar refractivity (Wildman–Crippen MR) is 81.4 cm³/mol. The van der Waals surface area contributed by atoms with E-state index in [4.69, 9.17) is 0 Å². The van der Waals surface area contributed by atoms with Crippen LogP contribution >= 0.6 is 0 Å². The average Bonchev–Trinajstić information content (AvgIpc) is 2.52. The molecule has 3 rings (SSSR count). The highest BCUT2D eigenvalue weighted by Crippen LogP contribution is 2.21. The number of nitrogens with zero attached hydrogens (tertiary/aromatic N) is 2. The van der Waals surface area contributed by atoms with Gasteiger partial charge in [-0.05, 0) is 24.3 Å². The molecule has 0 bridgehead atoms. The average molecular weight is 298 g/mol. The molecule has 0 aliphatic carbocycles. The summed E-state index contributed by atoms with van der Waals surface area (Å²) in [5.41, 5.74) is 1.02. The number of para-hydroxylation sites is 1. The Kier molecular flexibility index (Phi) is 3.91. The second-order valence-electron chi connectivity index (χ2n) is 4.53. The zero-order valence-electron chi connectivity index (χ0n) is 11.4. The predicted octanol–water partition coefficient (Wildman–Crippen LogP) is 4.24. The van der Waals surface area contributed by atoms with Crippen LogP contribution in [0.5, 0.6) is 0 Å². The van der Waals surface area contributed by atoms with Crippen LogP contribution in [0.4, 0.5) is 31.8 Å². The van der Waals surface area contributed by atoms with Crippen LogP contribution in [0.25, 0.3) is 0 Å². The molecule has 22 heavy (non-hydrogen) atoms. The molecule has 1 aromatic heterocycles. The summed E-state index contributed by atoms with van der Waals surface area (Å²) in [7, 11) is 0. The Morgan fingerprint density at radius 1 is 0.773 bits per heavy atom. The number of halogens is 2. The number of rotatable bonds is 4. The number of benzene rings is 2. The molecule has 0 aliphatic rings. The molecule has 2 aromatic carbocycles. The van der Waals surface area contributed by atoms with Gasteiger partial charge in [-0.15, -0.1) is 0 Å². The van der Waals surface area contributed by atoms with E-state index in [0.717, 1.165) is 11.8 Å². The molecular formula is C16H12F2N4. The van der Waals surface area contributed by atoms with Gasteiger partial charge in [-0.25, -0.2) is 18.7 Å². The van der Waals surface area contributed by atoms with Crippen LogP contribution in [-0.2, 0) is 0 Å². The number of nitrogens with one attached hydrogen (secondary N) is 2. The molecule has 0 aliphatic heterocycles. The maximum absolute atomic E-state index is 13.6. The minimum atomic E-state index is -0.684. The van der Waals surface area contributed by atoms with Crippen LogP contribution in [0.1, 0.15) is 0 Å². The van der Waals surface area contributed by atoms with Crippen molar-refractivity contribution in [3.05, 3.63) is 72.6 Å². The molecule has 0 saturated heterocycles. The second-order valence-corrected chi connectivity index (χ2v) is 4.53. The summed E-state index contributed by atoms with van der Waals surface area (Å²) in [6, 6.07) is 14.4. The maximum atomic E-state index is 13.6. The van der Waals surface area contributed by atoms with E-state index in [1.807, 2.05) is 30.3 Å². The Morgan fingerprint density at radius 2 is 1.50 bits per heavy atom. The van der Waals surface area contributed by atoms with E-state index >= 15 is 0 Å². The van der Waals surface area contributed by atoms with Crippen molar-refractivity contribution in [2.45, 2.75) is 0 Å². The Labute approximate surface area is 125 Å². The minimum Gasteiger partial charge on any atom is -0.340 e. The van der Waals surface area contributed by atoms with Crippen molar-refractivity contribution in [1.82, 2.24) is 9.97 Å². The second kappa shape index (κ2) is 6.17. The molecule has 0 spiro atoms. The first-order valence-corrected chi connectivity index (χ1v) is 6.57. The fourth-order valence-corrected chi connectivity index (χ4v) is 1.89. The maximum Gasteiger partial charge on any atom is 0.149 e. The molecular weight excluding hydrogens is 286 g/mol. The number of aromatic nitrogens is 2. The van der Waals surface area contributed by atoms with Gasteiger partial charge in [0, 0.05) is 17.8 Å². The Morgan fingerprint density at radius 3 is 2.23 bits per heavy atom. The topological polar surface area (TPSA) is 49.8 Å². The van der Waals surface area contributed by atoms with Crippen LogP contribution in [0.3, 0.4) is 0 Å². The van der Waals surface area contributed by atoms with E-state index in [1.165, 1.54) is 18.5 Å². The van der Waals surface area contributed by atoms with Gasteiger partial charge in [-0.1, -0.05) is 18.2 Å². The summed E-state index contributed by atoms with van der Waals surface area (Å²) < 4.78 is 26.5. The number of hydrogen-bond acceptors (Lipinski definition) is 4. The SMILES string of the molecule is Fc1ccc(Nc2cc(Nc3ccccc3)ncn2)c(F)c1. The van der Waals surface area contributed by atoms with E-state index in [-0.39, 0.29) is 5.69 Å². The minimum absolute atomic E-state index is 0.144. The fraction of sp³-hybridized carbons (Fsp3) is 0. The highest BCUT2D eigenvalue weighted by molar-refractivity contribution is 5.62. The lowest BCUT2D eigenvalue weighted by molar-refractivity contribution is 0.586. The normalized spacial score (nSPS) is 10.3. The smallest absolute Gasteiger partial charge is 0.149 e. The Hall–Kier alpha value is -3.02. The standard InChI is InChI=1S/C16H12F2N4/c17-11-6-7-14(13(18)8-11)22-16-9-15(19-10-20-16)21-12-4-2-1-3-5-12/h1-10H,(H2,19,20,21,22). The van der Waals surface area contributed by atoms with Crippen molar-refractivity contribution < 1.29 is 8.78 Å². The third-order valence-corrected chi connectivity index (χ3v) is 2.91. The first kappa shape index (κ1) is 13.9. The first-order chi connectivity index (χ1) is 10.7. The molecule has 0 atom stereocenters. The zero-order chi connectivity index (χ0) is 15.4. The van der Waals surface area contributed by atoms with E-state index < -0.39 is 11.6 Å². The van der Waals surface area contributed by atoms with E-state index in [2.05, 4.69) is 20.6 Å². The first-order valence-electron chi connectivity index (χ1n) is 6.57. The molecule has 0 saturated carbocycles. The van der Waals surface area contributed by atoms with Crippen molar-refractivity contribution in [3.8, 4) is 0 Å². The summed E-state index contributed by atoms with van der Waals surface area (Å²) in [4.78, 5) is 8.11. The van der Waals surface area contributed by atoms with Crippen LogP contribution < -0.4 is 10.6 Å². The summed E-state index contributed by atoms with van der Waals surface area (Å²) >= 11 is 0. The lowest BCUT2D eigenvalue weighted by Gasteiger charge is -2.09. The van der Waals surface area contributed by atoms with Crippen LogP contribution in [0.15, 0.2) is 60.9 Å². The van der Waals surface area contributed by atoms with Crippen molar-refractivity contribution in [1.29, 1.82) is 0 Å². The molecule has 110 valence electrons. The molecule has 4 nitrogen and oxygen atoms in total. The molecule has 3 aromatic rings.